The zero-order valence-corrected chi connectivity index (χ0v) is 32.7. The maximum Gasteiger partial charge on any atom is -0.0227 e. The summed E-state index contributed by atoms with van der Waals surface area (Å²) >= 11 is 0. The third-order valence-corrected chi connectivity index (χ3v) is 19.5. The third kappa shape index (κ3) is 5.44. The molecule has 0 heteroatoms. The van der Waals surface area contributed by atoms with Crippen molar-refractivity contribution in [2.75, 3.05) is 0 Å². The highest BCUT2D eigenvalue weighted by Gasteiger charge is 2.71. The van der Waals surface area contributed by atoms with Crippen LogP contribution in [-0.2, 0) is 0 Å². The van der Waals surface area contributed by atoms with Crippen LogP contribution in [0.1, 0.15) is 183 Å². The van der Waals surface area contributed by atoms with Gasteiger partial charge in [-0.3, -0.25) is 0 Å². The largest absolute Gasteiger partial charge is 0.0651 e. The first-order chi connectivity index (χ1) is 22.7. The lowest BCUT2D eigenvalue weighted by atomic mass is 9.45. The molecule has 8 aliphatic carbocycles. The second-order valence-corrected chi connectivity index (χ2v) is 21.5. The first kappa shape index (κ1) is 34.1. The van der Waals surface area contributed by atoms with E-state index in [1.54, 1.807) is 103 Å². The van der Waals surface area contributed by atoms with Crippen LogP contribution < -0.4 is 0 Å². The molecule has 8 fully saturated rings. The maximum absolute atomic E-state index is 2.68. The Morgan fingerprint density at radius 1 is 0.511 bits per heavy atom. The lowest BCUT2D eigenvalue weighted by Gasteiger charge is -2.59. The molecule has 0 heterocycles. The van der Waals surface area contributed by atoms with Crippen molar-refractivity contribution in [2.24, 2.45) is 111 Å². The van der Waals surface area contributed by atoms with Gasteiger partial charge >= 0.3 is 0 Å². The van der Waals surface area contributed by atoms with E-state index in [2.05, 4.69) is 48.5 Å². The van der Waals surface area contributed by atoms with Gasteiger partial charge in [-0.1, -0.05) is 106 Å². The predicted molar refractivity (Wildman–Crippen MR) is 201 cm³/mol. The fourth-order valence-corrected chi connectivity index (χ4v) is 18.2. The molecule has 0 amide bonds. The molecule has 15 atom stereocenters. The predicted octanol–water partition coefficient (Wildman–Crippen LogP) is 13.9. The summed E-state index contributed by atoms with van der Waals surface area (Å²) in [5.41, 5.74) is 1.16. The van der Waals surface area contributed by atoms with E-state index < -0.39 is 0 Å². The van der Waals surface area contributed by atoms with Crippen molar-refractivity contribution < 1.29 is 0 Å². The average Bonchev–Trinajstić information content (AvgIpc) is 3.58. The minimum Gasteiger partial charge on any atom is -0.0651 e. The Labute approximate surface area is 293 Å². The van der Waals surface area contributed by atoms with E-state index in [9.17, 15) is 0 Å². The highest BCUT2D eigenvalue weighted by Crippen LogP contribution is 2.77. The molecule has 0 aromatic rings. The van der Waals surface area contributed by atoms with Crippen molar-refractivity contribution in [3.05, 3.63) is 0 Å². The maximum atomic E-state index is 2.68. The molecule has 8 saturated carbocycles. The Kier molecular flexibility index (Phi) is 9.58. The molecule has 47 heavy (non-hydrogen) atoms. The van der Waals surface area contributed by atoms with Gasteiger partial charge < -0.3 is 0 Å². The molecule has 0 aliphatic heterocycles. The summed E-state index contributed by atoms with van der Waals surface area (Å²) in [6.45, 7) is 18.3. The van der Waals surface area contributed by atoms with Crippen LogP contribution in [0.5, 0.6) is 0 Å². The molecule has 0 radical (unpaired) electrons. The molecule has 0 bridgehead atoms. The van der Waals surface area contributed by atoms with Gasteiger partial charge in [0.2, 0.25) is 0 Å². The normalized spacial score (nSPS) is 50.9. The van der Waals surface area contributed by atoms with Crippen LogP contribution in [-0.4, -0.2) is 0 Å². The van der Waals surface area contributed by atoms with E-state index in [1.165, 1.54) is 32.1 Å². The minimum atomic E-state index is 0.478. The van der Waals surface area contributed by atoms with Crippen molar-refractivity contribution in [1.29, 1.82) is 0 Å². The molecule has 0 aromatic carbocycles. The zero-order valence-electron chi connectivity index (χ0n) is 32.7. The molecule has 15 unspecified atom stereocenters. The molecule has 1 spiro atoms. The van der Waals surface area contributed by atoms with Crippen LogP contribution in [0.3, 0.4) is 0 Å². The van der Waals surface area contributed by atoms with Gasteiger partial charge in [0.05, 0.1) is 0 Å². The van der Waals surface area contributed by atoms with E-state index in [0.29, 0.717) is 10.8 Å². The van der Waals surface area contributed by atoms with E-state index in [1.807, 2.05) is 0 Å². The second kappa shape index (κ2) is 13.2. The topological polar surface area (TPSA) is 0 Å². The van der Waals surface area contributed by atoms with E-state index in [0.717, 1.165) is 101 Å². The Hall–Kier alpha value is 0. The molecular formula is C47H80. The molecule has 0 saturated heterocycles. The Bertz CT molecular complexity index is 1030. The first-order valence-electron chi connectivity index (χ1n) is 22.7. The van der Waals surface area contributed by atoms with Gasteiger partial charge in [-0.05, 0) is 188 Å². The van der Waals surface area contributed by atoms with Crippen molar-refractivity contribution >= 4 is 0 Å². The lowest BCUT2D eigenvalue weighted by molar-refractivity contribution is -0.106. The second-order valence-electron chi connectivity index (χ2n) is 21.5. The quantitative estimate of drug-likeness (QED) is 0.270. The number of hydrogen-bond donors (Lipinski definition) is 0. The highest BCUT2D eigenvalue weighted by atomic mass is 14.8. The van der Waals surface area contributed by atoms with E-state index in [-0.39, 0.29) is 0 Å². The minimum absolute atomic E-state index is 0.478. The van der Waals surface area contributed by atoms with Crippen molar-refractivity contribution in [1.82, 2.24) is 0 Å². The fourth-order valence-electron chi connectivity index (χ4n) is 18.2. The molecule has 0 aromatic heterocycles. The fraction of sp³-hybridized carbons (Fsp3) is 1.00. The van der Waals surface area contributed by atoms with E-state index >= 15 is 0 Å². The number of hydrogen-bond acceptors (Lipinski definition) is 0. The van der Waals surface area contributed by atoms with Crippen LogP contribution in [0.25, 0.3) is 0 Å². The molecule has 8 rings (SSSR count). The van der Waals surface area contributed by atoms with Crippen molar-refractivity contribution in [3.63, 3.8) is 0 Å². The van der Waals surface area contributed by atoms with Crippen molar-refractivity contribution in [3.8, 4) is 0 Å². The summed E-state index contributed by atoms with van der Waals surface area (Å²) in [5.74, 6) is 18.1. The Balaban J connectivity index is 1.24. The van der Waals surface area contributed by atoms with Crippen molar-refractivity contribution in [2.45, 2.75) is 183 Å². The zero-order chi connectivity index (χ0) is 32.7. The summed E-state index contributed by atoms with van der Waals surface area (Å²) < 4.78 is 0. The molecule has 8 aliphatic rings. The standard InChI is InChI=1S/C47H80/c1-8-29(9-2)33-24-34(30(10-3)11-4)28-47(27-33)41-23-21-32-25-39-35-17-13-12-16-31(35)20-22-37(39)43(32)44(41)40-26-42(46(5,6)7)36-18-14-15-19-38(36)45(40)47/h29-45H,8-28H2,1-7H3. The molecular weight excluding hydrogens is 565 g/mol. The number of rotatable bonds is 6. The molecule has 0 N–H and O–H groups in total. The summed E-state index contributed by atoms with van der Waals surface area (Å²) in [7, 11) is 0. The lowest BCUT2D eigenvalue weighted by Crippen LogP contribution is -2.52. The van der Waals surface area contributed by atoms with Crippen LogP contribution in [0, 0.1) is 111 Å². The van der Waals surface area contributed by atoms with Gasteiger partial charge in [-0.15, -0.1) is 0 Å². The van der Waals surface area contributed by atoms with Gasteiger partial charge in [-0.25, -0.2) is 0 Å². The Morgan fingerprint density at radius 2 is 1.11 bits per heavy atom. The third-order valence-electron chi connectivity index (χ3n) is 19.5. The van der Waals surface area contributed by atoms with E-state index in [4.69, 9.17) is 0 Å². The van der Waals surface area contributed by atoms with Gasteiger partial charge in [-0.2, -0.15) is 0 Å². The van der Waals surface area contributed by atoms with Gasteiger partial charge in [0, 0.05) is 0 Å². The summed E-state index contributed by atoms with van der Waals surface area (Å²) in [5, 5.41) is 0. The number of fused-ring (bicyclic) bond motifs is 13. The summed E-state index contributed by atoms with van der Waals surface area (Å²) in [6.07, 6.45) is 33.1. The van der Waals surface area contributed by atoms with Gasteiger partial charge in [0.15, 0.2) is 0 Å². The smallest absolute Gasteiger partial charge is 0.0227 e. The molecule has 268 valence electrons. The highest BCUT2D eigenvalue weighted by molar-refractivity contribution is 5.19. The van der Waals surface area contributed by atoms with Crippen LogP contribution in [0.2, 0.25) is 0 Å². The van der Waals surface area contributed by atoms with Crippen LogP contribution in [0.15, 0.2) is 0 Å². The van der Waals surface area contributed by atoms with Gasteiger partial charge in [0.1, 0.15) is 0 Å². The monoisotopic (exact) mass is 645 g/mol. The van der Waals surface area contributed by atoms with Gasteiger partial charge in [0.25, 0.3) is 0 Å². The summed E-state index contributed by atoms with van der Waals surface area (Å²) in [6, 6.07) is 0. The average molecular weight is 645 g/mol. The SMILES string of the molecule is CCC(CC)C1CC(C(CC)CC)CC2(C1)C1CCC3CC4C5CCCCC5CCC4C3C1C1CC(C(C)(C)C)C3CCCCC3C12. The molecule has 0 nitrogen and oxygen atoms in total. The van der Waals surface area contributed by atoms with Crippen LogP contribution >= 0.6 is 0 Å². The Morgan fingerprint density at radius 3 is 1.74 bits per heavy atom. The first-order valence-corrected chi connectivity index (χ1v) is 22.7. The summed E-state index contributed by atoms with van der Waals surface area (Å²) in [4.78, 5) is 0. The van der Waals surface area contributed by atoms with Crippen LogP contribution in [0.4, 0.5) is 0 Å².